The van der Waals surface area contributed by atoms with E-state index < -0.39 is 0 Å². The molecule has 0 N–H and O–H groups in total. The van der Waals surface area contributed by atoms with Crippen LogP contribution < -0.4 is 0 Å². The molecule has 1 aromatic heterocycles. The lowest BCUT2D eigenvalue weighted by Crippen LogP contribution is -2.14. The highest BCUT2D eigenvalue weighted by atomic mass is 14.7. The molecule has 0 aliphatic heterocycles. The summed E-state index contributed by atoms with van der Waals surface area (Å²) in [5.41, 5.74) is 21.6. The first-order chi connectivity index (χ1) is 29.3. The highest BCUT2D eigenvalue weighted by Crippen LogP contribution is 2.52. The summed E-state index contributed by atoms with van der Waals surface area (Å²) in [5.74, 6) is 0. The number of benzene rings is 9. The van der Waals surface area contributed by atoms with Gasteiger partial charge < -0.3 is 0 Å². The standard InChI is InChI=1S/C59H43N/c1-58(2)50-24-10-7-19-42(50)44-29-27-38(33-52(44)58)36-15-13-17-40(31-36)55-46-21-5-6-22-47(46)56(57-48-23-9-12-26-54(48)60-35-49(55)57)41-18-14-16-37(32-41)39-28-30-45-43-20-8-11-25-51(43)59(3,4)53(45)34-39/h5-35H,1-4H3. The molecule has 10 aromatic rings. The summed E-state index contributed by atoms with van der Waals surface area (Å²) in [6, 6.07) is 67.9. The van der Waals surface area contributed by atoms with Crippen molar-refractivity contribution in [2.45, 2.75) is 38.5 Å². The van der Waals surface area contributed by atoms with Crippen LogP contribution in [0.25, 0.3) is 99.2 Å². The first kappa shape index (κ1) is 34.9. The quantitative estimate of drug-likeness (QED) is 0.128. The van der Waals surface area contributed by atoms with Gasteiger partial charge in [0.25, 0.3) is 0 Å². The van der Waals surface area contributed by atoms with Gasteiger partial charge in [-0.1, -0.05) is 179 Å². The van der Waals surface area contributed by atoms with Crippen LogP contribution in [0.3, 0.4) is 0 Å². The summed E-state index contributed by atoms with van der Waals surface area (Å²) in [7, 11) is 0. The van der Waals surface area contributed by atoms with Gasteiger partial charge in [0.15, 0.2) is 0 Å². The van der Waals surface area contributed by atoms with Crippen LogP contribution in [0.1, 0.15) is 49.9 Å². The number of hydrogen-bond donors (Lipinski definition) is 0. The fraction of sp³-hybridized carbons (Fsp3) is 0.102. The first-order valence-electron chi connectivity index (χ1n) is 21.2. The summed E-state index contributed by atoms with van der Waals surface area (Å²) >= 11 is 0. The molecule has 284 valence electrons. The van der Waals surface area contributed by atoms with Gasteiger partial charge >= 0.3 is 0 Å². The third-order valence-corrected chi connectivity index (χ3v) is 13.9. The first-order valence-corrected chi connectivity index (χ1v) is 21.2. The van der Waals surface area contributed by atoms with E-state index in [4.69, 9.17) is 4.98 Å². The maximum atomic E-state index is 5.12. The Kier molecular flexibility index (Phi) is 7.39. The molecule has 2 aliphatic rings. The average molecular weight is 766 g/mol. The predicted octanol–water partition coefficient (Wildman–Crippen LogP) is 15.8. The molecule has 0 saturated heterocycles. The van der Waals surface area contributed by atoms with Gasteiger partial charge in [0.2, 0.25) is 0 Å². The van der Waals surface area contributed by atoms with Crippen molar-refractivity contribution < 1.29 is 0 Å². The number of fused-ring (bicyclic) bond motifs is 10. The predicted molar refractivity (Wildman–Crippen MR) is 254 cm³/mol. The van der Waals surface area contributed by atoms with Crippen LogP contribution in [0.4, 0.5) is 0 Å². The molecule has 1 heteroatoms. The lowest BCUT2D eigenvalue weighted by molar-refractivity contribution is 0.660. The lowest BCUT2D eigenvalue weighted by Gasteiger charge is -2.22. The third kappa shape index (κ3) is 4.96. The summed E-state index contributed by atoms with van der Waals surface area (Å²) < 4.78 is 0. The van der Waals surface area contributed by atoms with Crippen molar-refractivity contribution in [2.24, 2.45) is 0 Å². The minimum Gasteiger partial charge on any atom is -0.256 e. The van der Waals surface area contributed by atoms with Crippen LogP contribution in [0.5, 0.6) is 0 Å². The summed E-state index contributed by atoms with van der Waals surface area (Å²) in [5, 5.41) is 6.02. The van der Waals surface area contributed by atoms with E-state index in [9.17, 15) is 0 Å². The largest absolute Gasteiger partial charge is 0.256 e. The van der Waals surface area contributed by atoms with Crippen LogP contribution in [0.2, 0.25) is 0 Å². The summed E-state index contributed by atoms with van der Waals surface area (Å²) in [6.07, 6.45) is 2.12. The molecule has 2 aliphatic carbocycles. The number of pyridine rings is 1. The van der Waals surface area contributed by atoms with Crippen LogP contribution >= 0.6 is 0 Å². The highest BCUT2D eigenvalue weighted by Gasteiger charge is 2.36. The number of aromatic nitrogens is 1. The molecule has 0 unspecified atom stereocenters. The third-order valence-electron chi connectivity index (χ3n) is 13.9. The van der Waals surface area contributed by atoms with Gasteiger partial charge in [0.05, 0.1) is 5.52 Å². The second kappa shape index (κ2) is 12.7. The smallest absolute Gasteiger partial charge is 0.0708 e. The van der Waals surface area contributed by atoms with E-state index in [0.29, 0.717) is 0 Å². The monoisotopic (exact) mass is 765 g/mol. The Hall–Kier alpha value is -7.09. The van der Waals surface area contributed by atoms with Gasteiger partial charge in [-0.3, -0.25) is 4.98 Å². The summed E-state index contributed by atoms with van der Waals surface area (Å²) in [4.78, 5) is 5.12. The van der Waals surface area contributed by atoms with E-state index in [1.165, 1.54) is 105 Å². The molecule has 0 spiro atoms. The molecule has 0 saturated carbocycles. The van der Waals surface area contributed by atoms with Gasteiger partial charge in [-0.15, -0.1) is 0 Å². The fourth-order valence-electron chi connectivity index (χ4n) is 10.9. The van der Waals surface area contributed by atoms with Gasteiger partial charge in [-0.05, 0) is 130 Å². The van der Waals surface area contributed by atoms with Crippen molar-refractivity contribution in [3.05, 3.63) is 210 Å². The average Bonchev–Trinajstić information content (AvgIpc) is 3.67. The van der Waals surface area contributed by atoms with Crippen molar-refractivity contribution in [1.29, 1.82) is 0 Å². The highest BCUT2D eigenvalue weighted by molar-refractivity contribution is 6.27. The number of rotatable bonds is 4. The van der Waals surface area contributed by atoms with E-state index in [2.05, 4.69) is 216 Å². The molecule has 1 nitrogen and oxygen atoms in total. The Labute approximate surface area is 351 Å². The number of para-hydroxylation sites is 1. The Morgan fingerprint density at radius 2 is 0.750 bits per heavy atom. The van der Waals surface area contributed by atoms with Crippen molar-refractivity contribution >= 4 is 32.4 Å². The second-order valence-electron chi connectivity index (χ2n) is 17.9. The van der Waals surface area contributed by atoms with Crippen LogP contribution in [-0.4, -0.2) is 4.98 Å². The molecule has 0 radical (unpaired) electrons. The molecular formula is C59H43N. The molecule has 0 fully saturated rings. The minimum absolute atomic E-state index is 0.0607. The molecule has 0 bridgehead atoms. The van der Waals surface area contributed by atoms with Crippen LogP contribution in [0, 0.1) is 0 Å². The van der Waals surface area contributed by atoms with Gasteiger partial charge in [0.1, 0.15) is 0 Å². The van der Waals surface area contributed by atoms with Crippen molar-refractivity contribution in [3.63, 3.8) is 0 Å². The van der Waals surface area contributed by atoms with E-state index in [1.54, 1.807) is 0 Å². The zero-order valence-corrected chi connectivity index (χ0v) is 34.3. The Morgan fingerprint density at radius 3 is 1.33 bits per heavy atom. The zero-order chi connectivity index (χ0) is 40.3. The van der Waals surface area contributed by atoms with Crippen molar-refractivity contribution in [3.8, 4) is 66.8 Å². The number of nitrogens with zero attached hydrogens (tertiary/aromatic N) is 1. The van der Waals surface area contributed by atoms with Gasteiger partial charge in [-0.25, -0.2) is 0 Å². The van der Waals surface area contributed by atoms with Gasteiger partial charge in [-0.2, -0.15) is 0 Å². The topological polar surface area (TPSA) is 12.9 Å². The van der Waals surface area contributed by atoms with E-state index in [0.717, 1.165) is 16.3 Å². The van der Waals surface area contributed by atoms with E-state index in [-0.39, 0.29) is 10.8 Å². The molecule has 1 heterocycles. The molecule has 9 aromatic carbocycles. The van der Waals surface area contributed by atoms with Crippen LogP contribution in [0.15, 0.2) is 188 Å². The maximum Gasteiger partial charge on any atom is 0.0708 e. The summed E-state index contributed by atoms with van der Waals surface area (Å²) in [6.45, 7) is 9.43. The molecule has 0 amide bonds. The minimum atomic E-state index is -0.0615. The van der Waals surface area contributed by atoms with Gasteiger partial charge in [0, 0.05) is 33.2 Å². The molecule has 12 rings (SSSR count). The SMILES string of the molecule is CC1(C)c2ccccc2-c2ccc(-c3cccc(-c4c5ccccc5c(-c5cccc(-c6ccc7c(c6)C(C)(C)c6ccccc6-7)c5)c5c4cnc4ccccc45)c3)cc21. The normalized spacial score (nSPS) is 14.3. The lowest BCUT2D eigenvalue weighted by atomic mass is 9.81. The molecule has 0 atom stereocenters. The Balaban J connectivity index is 1.05. The van der Waals surface area contributed by atoms with E-state index in [1.807, 2.05) is 0 Å². The van der Waals surface area contributed by atoms with E-state index >= 15 is 0 Å². The van der Waals surface area contributed by atoms with Crippen molar-refractivity contribution in [2.75, 3.05) is 0 Å². The molecule has 60 heavy (non-hydrogen) atoms. The zero-order valence-electron chi connectivity index (χ0n) is 34.3. The Morgan fingerprint density at radius 1 is 0.317 bits per heavy atom. The fourth-order valence-corrected chi connectivity index (χ4v) is 10.9. The second-order valence-corrected chi connectivity index (χ2v) is 17.9. The number of hydrogen-bond acceptors (Lipinski definition) is 1. The van der Waals surface area contributed by atoms with Crippen LogP contribution in [-0.2, 0) is 10.8 Å². The Bertz CT molecular complexity index is 3430. The molecular weight excluding hydrogens is 723 g/mol. The van der Waals surface area contributed by atoms with Crippen molar-refractivity contribution in [1.82, 2.24) is 4.98 Å². The maximum absolute atomic E-state index is 5.12.